The number of hydrogen-bond donors (Lipinski definition) is 1. The summed E-state index contributed by atoms with van der Waals surface area (Å²) in [6.45, 7) is 1.52. The molecule has 0 atom stereocenters. The third-order valence-corrected chi connectivity index (χ3v) is 1.60. The van der Waals surface area contributed by atoms with E-state index in [1.54, 1.807) is 0 Å². The van der Waals surface area contributed by atoms with Gasteiger partial charge in [-0.25, -0.2) is 4.79 Å². The quantitative estimate of drug-likeness (QED) is 0.535. The molecule has 1 aromatic carbocycles. The first-order valence-electron chi connectivity index (χ1n) is 3.29. The lowest BCUT2D eigenvalue weighted by Gasteiger charge is -2.02. The topological polar surface area (TPSA) is 66.4 Å². The summed E-state index contributed by atoms with van der Waals surface area (Å²) in [5.74, 6) is -1.01. The van der Waals surface area contributed by atoms with Crippen LogP contribution in [-0.4, -0.2) is 11.1 Å². The average molecular weight is 167 g/mol. The monoisotopic (exact) mass is 167 g/mol. The van der Waals surface area contributed by atoms with E-state index in [1.165, 1.54) is 25.1 Å². The number of aromatic carboxylic acids is 1. The molecule has 0 saturated heterocycles. The molecule has 0 aromatic heterocycles. The zero-order valence-electron chi connectivity index (χ0n) is 6.40. The molecule has 0 unspecified atom stereocenters. The Labute approximate surface area is 69.0 Å². The Balaban J connectivity index is 3.23. The summed E-state index contributed by atoms with van der Waals surface area (Å²) in [6, 6.07) is 4.30. The highest BCUT2D eigenvalue weighted by molar-refractivity contribution is 5.90. The van der Waals surface area contributed by atoms with E-state index in [0.29, 0.717) is 5.56 Å². The largest absolute Gasteiger partial charge is 0.478 e. The van der Waals surface area contributed by atoms with Crippen molar-refractivity contribution in [1.82, 2.24) is 0 Å². The smallest absolute Gasteiger partial charge is 0.336 e. The first kappa shape index (κ1) is 8.55. The second kappa shape index (κ2) is 3.23. The van der Waals surface area contributed by atoms with Crippen LogP contribution in [0.2, 0.25) is 0 Å². The molecule has 0 amide bonds. The lowest BCUT2D eigenvalue weighted by Crippen LogP contribution is -2.00. The van der Waals surface area contributed by atoms with E-state index >= 15 is 0 Å². The normalized spacial score (nSPS) is 9.50. The van der Waals surface area contributed by atoms with Crippen molar-refractivity contribution in [3.05, 3.63) is 29.3 Å². The molecule has 1 aromatic rings. The van der Waals surface area contributed by atoms with Crippen molar-refractivity contribution in [1.29, 1.82) is 0 Å². The Kier molecular flexibility index (Phi) is 2.30. The number of rotatable bonds is 2. The van der Waals surface area contributed by atoms with Crippen molar-refractivity contribution in [2.45, 2.75) is 6.92 Å². The van der Waals surface area contributed by atoms with Crippen molar-refractivity contribution < 1.29 is 20.0 Å². The number of carbonyl (C=O) groups is 1. The fourth-order valence-corrected chi connectivity index (χ4v) is 0.936. The van der Waals surface area contributed by atoms with Crippen LogP contribution in [0.15, 0.2) is 18.2 Å². The van der Waals surface area contributed by atoms with Crippen LogP contribution in [0.25, 0.3) is 0 Å². The first-order chi connectivity index (χ1) is 5.66. The summed E-state index contributed by atoms with van der Waals surface area (Å²) < 4.78 is 0. The SMILES string of the molecule is Cc1c(O[O])cccc1C(=O)O. The summed E-state index contributed by atoms with van der Waals surface area (Å²) in [7, 11) is 0. The molecule has 0 aliphatic heterocycles. The Morgan fingerprint density at radius 2 is 2.17 bits per heavy atom. The molecule has 0 aliphatic carbocycles. The van der Waals surface area contributed by atoms with Gasteiger partial charge in [-0.05, 0) is 19.1 Å². The summed E-state index contributed by atoms with van der Waals surface area (Å²) in [6.07, 6.45) is 0. The maximum Gasteiger partial charge on any atom is 0.336 e. The molecule has 12 heavy (non-hydrogen) atoms. The van der Waals surface area contributed by atoms with E-state index in [0.717, 1.165) is 0 Å². The molecule has 0 spiro atoms. The van der Waals surface area contributed by atoms with Crippen molar-refractivity contribution in [2.24, 2.45) is 0 Å². The molecular weight excluding hydrogens is 160 g/mol. The van der Waals surface area contributed by atoms with Crippen LogP contribution in [0.5, 0.6) is 5.75 Å². The molecule has 1 N–H and O–H groups in total. The fraction of sp³-hybridized carbons (Fsp3) is 0.125. The number of carboxylic acid groups (broad SMARTS) is 1. The van der Waals surface area contributed by atoms with Crippen LogP contribution >= 0.6 is 0 Å². The van der Waals surface area contributed by atoms with Gasteiger partial charge in [-0.2, -0.15) is 0 Å². The van der Waals surface area contributed by atoms with Gasteiger partial charge >= 0.3 is 5.97 Å². The predicted octanol–water partition coefficient (Wildman–Crippen LogP) is 1.42. The van der Waals surface area contributed by atoms with Crippen LogP contribution in [0.4, 0.5) is 0 Å². The van der Waals surface area contributed by atoms with Gasteiger partial charge in [-0.1, -0.05) is 6.07 Å². The molecular formula is C8H7O4. The minimum absolute atomic E-state index is 0.0508. The molecule has 4 nitrogen and oxygen atoms in total. The summed E-state index contributed by atoms with van der Waals surface area (Å²) in [4.78, 5) is 14.3. The van der Waals surface area contributed by atoms with Gasteiger partial charge in [-0.3, -0.25) is 0 Å². The van der Waals surface area contributed by atoms with E-state index in [-0.39, 0.29) is 11.3 Å². The second-order valence-electron chi connectivity index (χ2n) is 2.32. The highest BCUT2D eigenvalue weighted by Gasteiger charge is 2.10. The second-order valence-corrected chi connectivity index (χ2v) is 2.32. The van der Waals surface area contributed by atoms with Gasteiger partial charge in [0, 0.05) is 10.8 Å². The van der Waals surface area contributed by atoms with Gasteiger partial charge < -0.3 is 9.99 Å². The first-order valence-corrected chi connectivity index (χ1v) is 3.29. The third-order valence-electron chi connectivity index (χ3n) is 1.60. The Hall–Kier alpha value is -1.55. The lowest BCUT2D eigenvalue weighted by molar-refractivity contribution is -0.209. The van der Waals surface area contributed by atoms with Crippen molar-refractivity contribution in [2.75, 3.05) is 0 Å². The predicted molar refractivity (Wildman–Crippen MR) is 39.5 cm³/mol. The van der Waals surface area contributed by atoms with Gasteiger partial charge in [0.15, 0.2) is 5.75 Å². The molecule has 0 aliphatic rings. The lowest BCUT2D eigenvalue weighted by atomic mass is 10.1. The van der Waals surface area contributed by atoms with E-state index in [2.05, 4.69) is 4.89 Å². The van der Waals surface area contributed by atoms with Crippen LogP contribution in [0, 0.1) is 6.92 Å². The van der Waals surface area contributed by atoms with Gasteiger partial charge in [-0.15, -0.1) is 0 Å². The van der Waals surface area contributed by atoms with Crippen LogP contribution < -0.4 is 4.89 Å². The zero-order valence-corrected chi connectivity index (χ0v) is 6.40. The number of benzene rings is 1. The highest BCUT2D eigenvalue weighted by Crippen LogP contribution is 2.20. The van der Waals surface area contributed by atoms with Gasteiger partial charge in [0.2, 0.25) is 0 Å². The maximum atomic E-state index is 10.5. The molecule has 1 radical (unpaired) electrons. The standard InChI is InChI=1S/C8H7O4/c1-5-6(8(9)10)3-2-4-7(5)12-11/h2-4H,1H3,(H,9,10). The minimum Gasteiger partial charge on any atom is -0.478 e. The number of carboxylic acids is 1. The van der Waals surface area contributed by atoms with Gasteiger partial charge in [0.05, 0.1) is 5.56 Å². The van der Waals surface area contributed by atoms with E-state index < -0.39 is 5.97 Å². The van der Waals surface area contributed by atoms with Gasteiger partial charge in [0.1, 0.15) is 0 Å². The molecule has 63 valence electrons. The van der Waals surface area contributed by atoms with Crippen LogP contribution in [-0.2, 0) is 5.26 Å². The summed E-state index contributed by atoms with van der Waals surface area (Å²) in [5.41, 5.74) is 0.434. The number of hydrogen-bond acceptors (Lipinski definition) is 2. The van der Waals surface area contributed by atoms with Crippen LogP contribution in [0.3, 0.4) is 0 Å². The maximum absolute atomic E-state index is 10.5. The van der Waals surface area contributed by atoms with Gasteiger partial charge in [0.25, 0.3) is 0 Å². The molecule has 0 bridgehead atoms. The highest BCUT2D eigenvalue weighted by atomic mass is 17.1. The van der Waals surface area contributed by atoms with Crippen molar-refractivity contribution >= 4 is 5.97 Å². The minimum atomic E-state index is -1.06. The van der Waals surface area contributed by atoms with E-state index in [4.69, 9.17) is 5.11 Å². The average Bonchev–Trinajstić information content (AvgIpc) is 2.04. The molecule has 0 fully saturated rings. The molecule has 4 heteroatoms. The summed E-state index contributed by atoms with van der Waals surface area (Å²) in [5, 5.41) is 18.7. The van der Waals surface area contributed by atoms with Crippen LogP contribution in [0.1, 0.15) is 15.9 Å². The third kappa shape index (κ3) is 1.38. The van der Waals surface area contributed by atoms with Crippen molar-refractivity contribution in [3.8, 4) is 5.75 Å². The summed E-state index contributed by atoms with van der Waals surface area (Å²) >= 11 is 0. The Bertz CT molecular complexity index is 306. The zero-order chi connectivity index (χ0) is 9.14. The Morgan fingerprint density at radius 3 is 2.67 bits per heavy atom. The van der Waals surface area contributed by atoms with E-state index in [1.807, 2.05) is 0 Å². The van der Waals surface area contributed by atoms with Crippen molar-refractivity contribution in [3.63, 3.8) is 0 Å². The fourth-order valence-electron chi connectivity index (χ4n) is 0.936. The molecule has 0 saturated carbocycles. The molecule has 1 rings (SSSR count). The van der Waals surface area contributed by atoms with E-state index in [9.17, 15) is 10.1 Å². The molecule has 0 heterocycles. The Morgan fingerprint density at radius 1 is 1.50 bits per heavy atom.